The second kappa shape index (κ2) is 9.37. The third kappa shape index (κ3) is 4.60. The summed E-state index contributed by atoms with van der Waals surface area (Å²) in [6, 6.07) is 2.44. The number of aromatic amines is 1. The quantitative estimate of drug-likeness (QED) is 0.574. The van der Waals surface area contributed by atoms with Gasteiger partial charge in [-0.2, -0.15) is 4.31 Å². The van der Waals surface area contributed by atoms with E-state index in [0.29, 0.717) is 31.5 Å². The summed E-state index contributed by atoms with van der Waals surface area (Å²) in [5.41, 5.74) is 5.99. The van der Waals surface area contributed by atoms with Crippen molar-refractivity contribution in [1.82, 2.24) is 24.6 Å². The molecule has 3 N–H and O–H groups in total. The summed E-state index contributed by atoms with van der Waals surface area (Å²) >= 11 is 6.10. The maximum atomic E-state index is 13.9. The van der Waals surface area contributed by atoms with E-state index in [1.165, 1.54) is 28.7 Å². The van der Waals surface area contributed by atoms with E-state index in [0.717, 1.165) is 0 Å². The largest absolute Gasteiger partial charge is 0.384 e. The number of carbonyl (C=O) groups excluding carboxylic acids is 2. The molecule has 1 aromatic carbocycles. The molecular weight excluding hydrogens is 472 g/mol. The predicted molar refractivity (Wildman–Crippen MR) is 118 cm³/mol. The van der Waals surface area contributed by atoms with Crippen LogP contribution in [0.5, 0.6) is 0 Å². The van der Waals surface area contributed by atoms with Gasteiger partial charge >= 0.3 is 0 Å². The molecule has 2 bridgehead atoms. The molecule has 0 radical (unpaired) electrons. The van der Waals surface area contributed by atoms with Gasteiger partial charge in [-0.15, -0.1) is 5.10 Å². The lowest BCUT2D eigenvalue weighted by Crippen LogP contribution is -2.55. The van der Waals surface area contributed by atoms with Gasteiger partial charge in [-0.3, -0.25) is 14.7 Å². The molecule has 3 heterocycles. The number of primary amides is 1. The fourth-order valence-corrected chi connectivity index (χ4v) is 6.99. The van der Waals surface area contributed by atoms with Crippen LogP contribution in [0.3, 0.4) is 0 Å². The van der Waals surface area contributed by atoms with Crippen molar-refractivity contribution >= 4 is 33.4 Å². The van der Waals surface area contributed by atoms with Gasteiger partial charge in [0.25, 0.3) is 0 Å². The number of ether oxygens (including phenoxy) is 1. The van der Waals surface area contributed by atoms with Crippen molar-refractivity contribution in [2.45, 2.75) is 42.8 Å². The summed E-state index contributed by atoms with van der Waals surface area (Å²) in [5.74, 6) is -1.35. The number of methoxy groups -OCH3 is 1. The van der Waals surface area contributed by atoms with Crippen molar-refractivity contribution in [3.8, 4) is 0 Å². The molecule has 11 nitrogen and oxygen atoms in total. The highest BCUT2D eigenvalue weighted by Gasteiger charge is 2.50. The number of amides is 2. The maximum Gasteiger partial charge on any atom is 0.248 e. The van der Waals surface area contributed by atoms with E-state index in [1.807, 2.05) is 0 Å². The Hall–Kier alpha value is -2.54. The lowest BCUT2D eigenvalue weighted by atomic mass is 9.91. The first kappa shape index (κ1) is 23.6. The van der Waals surface area contributed by atoms with Crippen LogP contribution < -0.4 is 5.73 Å². The molecule has 2 aliphatic heterocycles. The molecule has 1 unspecified atom stereocenters. The van der Waals surface area contributed by atoms with Gasteiger partial charge in [0.2, 0.25) is 21.8 Å². The third-order valence-electron chi connectivity index (χ3n) is 6.15. The number of H-pyrrole nitrogens is 1. The summed E-state index contributed by atoms with van der Waals surface area (Å²) in [6.07, 6.45) is 3.20. The zero-order valence-corrected chi connectivity index (χ0v) is 19.6. The molecule has 0 spiro atoms. The number of carbonyl (C=O) groups is 2. The fraction of sp³-hybridized carbons (Fsp3) is 0.500. The number of rotatable bonds is 7. The minimum absolute atomic E-state index is 0.0193. The maximum absolute atomic E-state index is 13.9. The molecule has 178 valence electrons. The number of nitrogens with zero attached hydrogens (tertiary/aromatic N) is 4. The van der Waals surface area contributed by atoms with Crippen molar-refractivity contribution < 1.29 is 22.7 Å². The minimum atomic E-state index is -4.19. The Labute approximate surface area is 196 Å². The van der Waals surface area contributed by atoms with E-state index in [4.69, 9.17) is 22.1 Å². The zero-order chi connectivity index (χ0) is 23.8. The first-order valence-corrected chi connectivity index (χ1v) is 12.3. The van der Waals surface area contributed by atoms with Crippen molar-refractivity contribution in [3.05, 3.63) is 40.7 Å². The Morgan fingerprint density at radius 3 is 2.79 bits per heavy atom. The van der Waals surface area contributed by atoms with Crippen molar-refractivity contribution in [2.75, 3.05) is 20.3 Å². The molecule has 0 saturated carbocycles. The number of nitrogens with one attached hydrogen (secondary N) is 1. The minimum Gasteiger partial charge on any atom is -0.384 e. The van der Waals surface area contributed by atoms with Crippen LogP contribution in [0.25, 0.3) is 0 Å². The molecule has 2 fully saturated rings. The first-order chi connectivity index (χ1) is 15.7. The van der Waals surface area contributed by atoms with Gasteiger partial charge in [0.1, 0.15) is 6.04 Å². The predicted octanol–water partition coefficient (Wildman–Crippen LogP) is 0.774. The monoisotopic (exact) mass is 496 g/mol. The summed E-state index contributed by atoms with van der Waals surface area (Å²) in [4.78, 5) is 26.8. The number of piperidine rings is 1. The number of hydrogen-bond acceptors (Lipinski definition) is 7. The Bertz CT molecular complexity index is 1140. The van der Waals surface area contributed by atoms with Gasteiger partial charge in [0, 0.05) is 36.2 Å². The van der Waals surface area contributed by atoms with E-state index in [-0.39, 0.29) is 40.5 Å². The Balaban J connectivity index is 1.78. The van der Waals surface area contributed by atoms with Gasteiger partial charge < -0.3 is 15.4 Å². The smallest absolute Gasteiger partial charge is 0.248 e. The standard InChI is InChI=1S/C20H25ClN6O5S/c1-32-11-13-9-26(10-15-8-23-25-24-15)20(29)18-4-2-3-17(13)27(18)33(30,31)16-6-12(19(22)28)5-14(21)7-16/h5-8,13,17-18H,2-4,9-11H2,1H3,(H2,22,28)(H,23,24,25)/t13-,17+,18?/m1/s1. The van der Waals surface area contributed by atoms with Crippen LogP contribution in [-0.2, 0) is 26.1 Å². The topological polar surface area (TPSA) is 152 Å². The second-order valence-electron chi connectivity index (χ2n) is 8.30. The Morgan fingerprint density at radius 1 is 1.33 bits per heavy atom. The van der Waals surface area contributed by atoms with Gasteiger partial charge in [-0.25, -0.2) is 8.42 Å². The van der Waals surface area contributed by atoms with Crippen LogP contribution in [0.2, 0.25) is 5.02 Å². The average Bonchev–Trinajstić information content (AvgIpc) is 3.27. The Morgan fingerprint density at radius 2 is 2.12 bits per heavy atom. The molecule has 13 heteroatoms. The van der Waals surface area contributed by atoms with E-state index in [9.17, 15) is 18.0 Å². The number of hydrogen-bond donors (Lipinski definition) is 2. The van der Waals surface area contributed by atoms with Crippen LogP contribution in [-0.4, -0.2) is 77.2 Å². The van der Waals surface area contributed by atoms with Crippen LogP contribution >= 0.6 is 11.6 Å². The van der Waals surface area contributed by atoms with Crippen LogP contribution in [0.4, 0.5) is 0 Å². The number of halogens is 1. The van der Waals surface area contributed by atoms with Crippen LogP contribution in [0, 0.1) is 5.92 Å². The van der Waals surface area contributed by atoms with Gasteiger partial charge in [-0.05, 0) is 37.5 Å². The second-order valence-corrected chi connectivity index (χ2v) is 10.6. The molecule has 3 atom stereocenters. The average molecular weight is 497 g/mol. The molecule has 33 heavy (non-hydrogen) atoms. The molecule has 2 amide bonds. The van der Waals surface area contributed by atoms with E-state index < -0.39 is 28.0 Å². The normalized spacial score (nSPS) is 24.0. The van der Waals surface area contributed by atoms with Crippen molar-refractivity contribution in [3.63, 3.8) is 0 Å². The van der Waals surface area contributed by atoms with Gasteiger partial charge in [-0.1, -0.05) is 16.8 Å². The Kier molecular flexibility index (Phi) is 6.71. The molecular formula is C20H25ClN6O5S. The summed E-state index contributed by atoms with van der Waals surface area (Å²) in [6.45, 7) is 0.823. The molecule has 2 saturated heterocycles. The first-order valence-electron chi connectivity index (χ1n) is 10.5. The lowest BCUT2D eigenvalue weighted by Gasteiger charge is -2.40. The number of nitrogens with two attached hydrogens (primary N) is 1. The van der Waals surface area contributed by atoms with E-state index in [1.54, 1.807) is 12.0 Å². The number of benzene rings is 1. The molecule has 4 rings (SSSR count). The molecule has 1 aromatic heterocycles. The number of fused-ring (bicyclic) bond motifs is 2. The zero-order valence-electron chi connectivity index (χ0n) is 18.0. The third-order valence-corrected chi connectivity index (χ3v) is 8.28. The summed E-state index contributed by atoms with van der Waals surface area (Å²) in [7, 11) is -2.64. The highest BCUT2D eigenvalue weighted by atomic mass is 35.5. The summed E-state index contributed by atoms with van der Waals surface area (Å²) in [5, 5.41) is 10.3. The van der Waals surface area contributed by atoms with E-state index >= 15 is 0 Å². The van der Waals surface area contributed by atoms with Crippen LogP contribution in [0.1, 0.15) is 35.3 Å². The van der Waals surface area contributed by atoms with E-state index in [2.05, 4.69) is 15.4 Å². The van der Waals surface area contributed by atoms with Gasteiger partial charge in [0.05, 0.1) is 29.9 Å². The molecule has 0 aliphatic carbocycles. The molecule has 2 aliphatic rings. The van der Waals surface area contributed by atoms with Gasteiger partial charge in [0.15, 0.2) is 0 Å². The molecule has 2 aromatic rings. The lowest BCUT2D eigenvalue weighted by molar-refractivity contribution is -0.135. The summed E-state index contributed by atoms with van der Waals surface area (Å²) < 4.78 is 34.5. The van der Waals surface area contributed by atoms with Crippen molar-refractivity contribution in [1.29, 1.82) is 0 Å². The highest BCUT2D eigenvalue weighted by Crippen LogP contribution is 2.38. The van der Waals surface area contributed by atoms with Crippen molar-refractivity contribution in [2.24, 2.45) is 11.7 Å². The van der Waals surface area contributed by atoms with Crippen LogP contribution in [0.15, 0.2) is 29.3 Å². The number of sulfonamides is 1. The number of aromatic nitrogens is 3. The fourth-order valence-electron chi connectivity index (χ4n) is 4.73. The highest BCUT2D eigenvalue weighted by molar-refractivity contribution is 7.89. The SMILES string of the molecule is COC[C@H]1CN(Cc2cnn[nH]2)C(=O)C2CCC[C@@H]1N2S(=O)(=O)c1cc(Cl)cc(C(N)=O)c1.